The highest BCUT2D eigenvalue weighted by atomic mass is 35.5. The number of aromatic nitrogens is 2. The lowest BCUT2D eigenvalue weighted by Crippen LogP contribution is -2.16. The predicted molar refractivity (Wildman–Crippen MR) is 77.1 cm³/mol. The van der Waals surface area contributed by atoms with E-state index >= 15 is 0 Å². The Morgan fingerprint density at radius 3 is 2.76 bits per heavy atom. The number of halogens is 1. The second kappa shape index (κ2) is 5.77. The van der Waals surface area contributed by atoms with Crippen molar-refractivity contribution in [3.05, 3.63) is 45.1 Å². The zero-order valence-electron chi connectivity index (χ0n) is 10.8. The minimum Gasteiger partial charge on any atom is -0.317 e. The number of carbonyl (C=O) groups is 1. The van der Waals surface area contributed by atoms with Gasteiger partial charge in [-0.2, -0.15) is 5.10 Å². The molecule has 2 aromatic rings. The summed E-state index contributed by atoms with van der Waals surface area (Å²) in [6.07, 6.45) is 1.51. The largest absolute Gasteiger partial charge is 0.317 e. The van der Waals surface area contributed by atoms with Gasteiger partial charge in [0.2, 0.25) is 0 Å². The van der Waals surface area contributed by atoms with Crippen LogP contribution in [-0.4, -0.2) is 20.6 Å². The number of nitro benzene ring substituents is 1. The molecule has 0 radical (unpaired) electrons. The number of nitrogens with zero attached hydrogens (tertiary/aromatic N) is 3. The summed E-state index contributed by atoms with van der Waals surface area (Å²) in [6, 6.07) is 3.96. The van der Waals surface area contributed by atoms with Gasteiger partial charge in [-0.15, -0.1) is 0 Å². The Kier molecular flexibility index (Phi) is 4.05. The summed E-state index contributed by atoms with van der Waals surface area (Å²) in [6.45, 7) is 0. The molecule has 1 aromatic carbocycles. The molecule has 1 heterocycles. The van der Waals surface area contributed by atoms with Crippen molar-refractivity contribution in [2.75, 3.05) is 10.7 Å². The molecule has 0 spiro atoms. The molecule has 10 heteroatoms. The fourth-order valence-corrected chi connectivity index (χ4v) is 1.96. The van der Waals surface area contributed by atoms with E-state index in [0.29, 0.717) is 5.82 Å². The maximum atomic E-state index is 12.1. The monoisotopic (exact) mass is 310 g/mol. The molecule has 0 aliphatic heterocycles. The average molecular weight is 311 g/mol. The first kappa shape index (κ1) is 14.8. The first-order valence-corrected chi connectivity index (χ1v) is 6.05. The fraction of sp³-hybridized carbons (Fsp3) is 0.0909. The van der Waals surface area contributed by atoms with Crippen LogP contribution in [0.15, 0.2) is 24.4 Å². The molecule has 1 amide bonds. The Balaban J connectivity index is 2.38. The van der Waals surface area contributed by atoms with Gasteiger partial charge in [-0.05, 0) is 6.07 Å². The van der Waals surface area contributed by atoms with Crippen LogP contribution in [0.2, 0.25) is 5.02 Å². The van der Waals surface area contributed by atoms with Gasteiger partial charge in [0.1, 0.15) is 11.5 Å². The number of carbonyl (C=O) groups excluding carboxylic acids is 1. The van der Waals surface area contributed by atoms with Gasteiger partial charge >= 0.3 is 0 Å². The molecule has 0 unspecified atom stereocenters. The molecule has 9 nitrogen and oxygen atoms in total. The molecule has 0 atom stereocenters. The van der Waals surface area contributed by atoms with Gasteiger partial charge in [0.25, 0.3) is 11.6 Å². The summed E-state index contributed by atoms with van der Waals surface area (Å²) in [7, 11) is 1.65. The van der Waals surface area contributed by atoms with Crippen molar-refractivity contribution < 1.29 is 9.72 Å². The number of nitrogen functional groups attached to an aromatic ring is 1. The lowest BCUT2D eigenvalue weighted by atomic mass is 10.1. The van der Waals surface area contributed by atoms with Gasteiger partial charge in [0.05, 0.1) is 16.1 Å². The third-order valence-electron chi connectivity index (χ3n) is 2.74. The molecule has 0 saturated carbocycles. The Bertz CT molecular complexity index is 714. The Labute approximate surface area is 123 Å². The zero-order valence-corrected chi connectivity index (χ0v) is 11.6. The third kappa shape index (κ3) is 2.93. The highest BCUT2D eigenvalue weighted by molar-refractivity contribution is 6.34. The van der Waals surface area contributed by atoms with E-state index in [0.717, 1.165) is 6.07 Å². The summed E-state index contributed by atoms with van der Waals surface area (Å²) in [5.41, 5.74) is 1.74. The average Bonchev–Trinajstić information content (AvgIpc) is 2.83. The summed E-state index contributed by atoms with van der Waals surface area (Å²) < 4.78 is 1.45. The number of hydrogen-bond acceptors (Lipinski definition) is 6. The summed E-state index contributed by atoms with van der Waals surface area (Å²) in [5.74, 6) is 5.09. The number of rotatable bonds is 4. The normalized spacial score (nSPS) is 10.2. The molecule has 21 heavy (non-hydrogen) atoms. The van der Waals surface area contributed by atoms with Crippen molar-refractivity contribution in [2.45, 2.75) is 0 Å². The number of nitrogens with two attached hydrogens (primary N) is 1. The van der Waals surface area contributed by atoms with E-state index in [-0.39, 0.29) is 22.0 Å². The number of benzene rings is 1. The molecule has 0 bridgehead atoms. The van der Waals surface area contributed by atoms with Crippen molar-refractivity contribution in [2.24, 2.45) is 12.9 Å². The number of aryl methyl sites for hydroxylation is 1. The highest BCUT2D eigenvalue weighted by Gasteiger charge is 2.21. The maximum absolute atomic E-state index is 12.1. The van der Waals surface area contributed by atoms with E-state index in [1.807, 2.05) is 0 Å². The number of hydrazine groups is 1. The smallest absolute Gasteiger partial charge is 0.295 e. The standard InChI is InChI=1S/C11H11ClN6O3/c1-17-9(2-3-14-17)15-11(19)6-4-7(12)10(16-13)8(5-6)18(20)21/h2-5,16H,13H2,1H3,(H,15,19). The molecule has 0 aliphatic carbocycles. The third-order valence-corrected chi connectivity index (χ3v) is 3.03. The molecular weight excluding hydrogens is 300 g/mol. The van der Waals surface area contributed by atoms with Crippen molar-refractivity contribution in [1.29, 1.82) is 0 Å². The zero-order chi connectivity index (χ0) is 15.6. The van der Waals surface area contributed by atoms with Crippen LogP contribution in [0.25, 0.3) is 0 Å². The van der Waals surface area contributed by atoms with Crippen LogP contribution < -0.4 is 16.6 Å². The number of hydrogen-bond donors (Lipinski definition) is 3. The van der Waals surface area contributed by atoms with Crippen molar-refractivity contribution >= 4 is 34.7 Å². The Morgan fingerprint density at radius 1 is 1.52 bits per heavy atom. The number of anilines is 2. The molecule has 110 valence electrons. The van der Waals surface area contributed by atoms with Crippen LogP contribution in [0, 0.1) is 10.1 Å². The molecular formula is C11H11ClN6O3. The quantitative estimate of drug-likeness (QED) is 0.446. The van der Waals surface area contributed by atoms with Gasteiger partial charge < -0.3 is 10.7 Å². The summed E-state index contributed by atoms with van der Waals surface area (Å²) in [5, 5.41) is 17.4. The second-order valence-electron chi connectivity index (χ2n) is 4.05. The van der Waals surface area contributed by atoms with E-state index in [1.165, 1.54) is 16.9 Å². The minimum absolute atomic E-state index is 0.0261. The van der Waals surface area contributed by atoms with Crippen molar-refractivity contribution in [3.8, 4) is 0 Å². The fourth-order valence-electron chi connectivity index (χ4n) is 1.70. The highest BCUT2D eigenvalue weighted by Crippen LogP contribution is 2.33. The Morgan fingerprint density at radius 2 is 2.24 bits per heavy atom. The lowest BCUT2D eigenvalue weighted by Gasteiger charge is -2.08. The van der Waals surface area contributed by atoms with E-state index in [1.54, 1.807) is 13.1 Å². The number of nitro groups is 1. The molecule has 0 aliphatic rings. The van der Waals surface area contributed by atoms with E-state index < -0.39 is 10.8 Å². The van der Waals surface area contributed by atoms with Gasteiger partial charge in [-0.3, -0.25) is 25.4 Å². The Hall–Kier alpha value is -2.65. The first-order chi connectivity index (χ1) is 9.93. The predicted octanol–water partition coefficient (Wildman–Crippen LogP) is 1.52. The van der Waals surface area contributed by atoms with Crippen LogP contribution in [0.5, 0.6) is 0 Å². The van der Waals surface area contributed by atoms with Gasteiger partial charge in [0, 0.05) is 24.7 Å². The second-order valence-corrected chi connectivity index (χ2v) is 4.46. The molecule has 0 saturated heterocycles. The molecule has 1 aromatic heterocycles. The van der Waals surface area contributed by atoms with Gasteiger partial charge in [-0.1, -0.05) is 11.6 Å². The van der Waals surface area contributed by atoms with Crippen LogP contribution in [0.1, 0.15) is 10.4 Å². The van der Waals surface area contributed by atoms with Crippen LogP contribution in [-0.2, 0) is 7.05 Å². The summed E-state index contributed by atoms with van der Waals surface area (Å²) in [4.78, 5) is 22.4. The molecule has 0 fully saturated rings. The van der Waals surface area contributed by atoms with E-state index in [2.05, 4.69) is 15.8 Å². The minimum atomic E-state index is -0.679. The SMILES string of the molecule is Cn1nccc1NC(=O)c1cc(Cl)c(NN)c([N+](=O)[O-])c1. The topological polar surface area (TPSA) is 128 Å². The maximum Gasteiger partial charge on any atom is 0.295 e. The molecule has 4 N–H and O–H groups in total. The van der Waals surface area contributed by atoms with Crippen LogP contribution in [0.3, 0.4) is 0 Å². The van der Waals surface area contributed by atoms with Crippen LogP contribution >= 0.6 is 11.6 Å². The number of nitrogens with one attached hydrogen (secondary N) is 2. The number of amides is 1. The van der Waals surface area contributed by atoms with Crippen LogP contribution in [0.4, 0.5) is 17.2 Å². The van der Waals surface area contributed by atoms with E-state index in [9.17, 15) is 14.9 Å². The van der Waals surface area contributed by atoms with E-state index in [4.69, 9.17) is 17.4 Å². The molecule has 2 rings (SSSR count). The van der Waals surface area contributed by atoms with Gasteiger partial charge in [0.15, 0.2) is 0 Å². The van der Waals surface area contributed by atoms with Crippen molar-refractivity contribution in [1.82, 2.24) is 9.78 Å². The lowest BCUT2D eigenvalue weighted by molar-refractivity contribution is -0.384. The van der Waals surface area contributed by atoms with Crippen molar-refractivity contribution in [3.63, 3.8) is 0 Å². The first-order valence-electron chi connectivity index (χ1n) is 5.68. The van der Waals surface area contributed by atoms with Gasteiger partial charge in [-0.25, -0.2) is 0 Å². The summed E-state index contributed by atoms with van der Waals surface area (Å²) >= 11 is 5.89.